The van der Waals surface area contributed by atoms with Crippen LogP contribution in [0.2, 0.25) is 0 Å². The molecule has 1 aliphatic rings. The third-order valence-electron chi connectivity index (χ3n) is 4.51. The molecule has 25 heavy (non-hydrogen) atoms. The predicted molar refractivity (Wildman–Crippen MR) is 105 cm³/mol. The monoisotopic (exact) mass is 346 g/mol. The lowest BCUT2D eigenvalue weighted by Gasteiger charge is -2.34. The van der Waals surface area contributed by atoms with E-state index in [9.17, 15) is 0 Å². The number of rotatable bonds is 7. The van der Waals surface area contributed by atoms with Crippen LogP contribution in [-0.4, -0.2) is 63.3 Å². The molecule has 2 atom stereocenters. The molecule has 0 saturated carbocycles. The van der Waals surface area contributed by atoms with Crippen LogP contribution in [0.15, 0.2) is 35.3 Å². The van der Waals surface area contributed by atoms with Crippen molar-refractivity contribution in [3.63, 3.8) is 0 Å². The molecule has 2 N–H and O–H groups in total. The SMILES string of the molecule is CN=C(NCC1CN(CC(C)C)CCO1)NCC(C)c1ccccc1. The summed E-state index contributed by atoms with van der Waals surface area (Å²) >= 11 is 0. The molecule has 2 rings (SSSR count). The van der Waals surface area contributed by atoms with Crippen molar-refractivity contribution in [1.29, 1.82) is 0 Å². The van der Waals surface area contributed by atoms with Crippen LogP contribution in [0.4, 0.5) is 0 Å². The molecule has 0 spiro atoms. The molecular weight excluding hydrogens is 312 g/mol. The first-order valence-electron chi connectivity index (χ1n) is 9.42. The fraction of sp³-hybridized carbons (Fsp3) is 0.650. The molecule has 1 fully saturated rings. The van der Waals surface area contributed by atoms with Gasteiger partial charge in [0.05, 0.1) is 12.7 Å². The zero-order chi connectivity index (χ0) is 18.1. The fourth-order valence-electron chi connectivity index (χ4n) is 3.17. The Bertz CT molecular complexity index is 518. The van der Waals surface area contributed by atoms with Crippen LogP contribution >= 0.6 is 0 Å². The molecule has 5 heteroatoms. The summed E-state index contributed by atoms with van der Waals surface area (Å²) in [6.07, 6.45) is 0.220. The van der Waals surface area contributed by atoms with E-state index in [2.05, 4.69) is 71.6 Å². The lowest BCUT2D eigenvalue weighted by molar-refractivity contribution is -0.0284. The Morgan fingerprint density at radius 3 is 2.68 bits per heavy atom. The van der Waals surface area contributed by atoms with Crippen LogP contribution in [0.3, 0.4) is 0 Å². The van der Waals surface area contributed by atoms with Gasteiger partial charge in [0.25, 0.3) is 0 Å². The third kappa shape index (κ3) is 7.04. The Morgan fingerprint density at radius 1 is 1.24 bits per heavy atom. The smallest absolute Gasteiger partial charge is 0.191 e. The molecule has 0 radical (unpaired) electrons. The van der Waals surface area contributed by atoms with Crippen LogP contribution in [-0.2, 0) is 4.74 Å². The molecule has 1 aliphatic heterocycles. The van der Waals surface area contributed by atoms with Gasteiger partial charge in [0.1, 0.15) is 0 Å². The van der Waals surface area contributed by atoms with Crippen molar-refractivity contribution in [3.05, 3.63) is 35.9 Å². The Hall–Kier alpha value is -1.59. The van der Waals surface area contributed by atoms with E-state index < -0.39 is 0 Å². The van der Waals surface area contributed by atoms with Gasteiger partial charge in [-0.2, -0.15) is 0 Å². The maximum atomic E-state index is 5.89. The topological polar surface area (TPSA) is 48.9 Å². The summed E-state index contributed by atoms with van der Waals surface area (Å²) in [6.45, 7) is 12.4. The lowest BCUT2D eigenvalue weighted by atomic mass is 10.0. The number of nitrogens with one attached hydrogen (secondary N) is 2. The van der Waals surface area contributed by atoms with E-state index in [1.54, 1.807) is 0 Å². The van der Waals surface area contributed by atoms with E-state index in [0.717, 1.165) is 45.3 Å². The minimum Gasteiger partial charge on any atom is -0.374 e. The minimum absolute atomic E-state index is 0.220. The first kappa shape index (κ1) is 19.7. The van der Waals surface area contributed by atoms with Crippen molar-refractivity contribution in [2.24, 2.45) is 10.9 Å². The van der Waals surface area contributed by atoms with E-state index in [0.29, 0.717) is 11.8 Å². The quantitative estimate of drug-likeness (QED) is 0.588. The summed E-state index contributed by atoms with van der Waals surface area (Å²) in [5.74, 6) is 1.97. The Morgan fingerprint density at radius 2 is 2.00 bits per heavy atom. The van der Waals surface area contributed by atoms with Gasteiger partial charge in [-0.1, -0.05) is 51.1 Å². The van der Waals surface area contributed by atoms with Crippen LogP contribution < -0.4 is 10.6 Å². The largest absolute Gasteiger partial charge is 0.374 e. The Balaban J connectivity index is 1.73. The number of aliphatic imine (C=N–C) groups is 1. The summed E-state index contributed by atoms with van der Waals surface area (Å²) in [7, 11) is 1.81. The van der Waals surface area contributed by atoms with E-state index in [-0.39, 0.29) is 6.10 Å². The van der Waals surface area contributed by atoms with Gasteiger partial charge < -0.3 is 15.4 Å². The summed E-state index contributed by atoms with van der Waals surface area (Å²) in [4.78, 5) is 6.82. The first-order chi connectivity index (χ1) is 12.1. The minimum atomic E-state index is 0.220. The molecule has 0 bridgehead atoms. The predicted octanol–water partition coefficient (Wildman–Crippen LogP) is 2.31. The van der Waals surface area contributed by atoms with Gasteiger partial charge in [-0.05, 0) is 17.4 Å². The molecule has 1 saturated heterocycles. The highest BCUT2D eigenvalue weighted by atomic mass is 16.5. The molecule has 140 valence electrons. The van der Waals surface area contributed by atoms with Crippen molar-refractivity contribution in [1.82, 2.24) is 15.5 Å². The molecule has 0 aliphatic carbocycles. The summed E-state index contributed by atoms with van der Waals surface area (Å²) in [6, 6.07) is 10.6. The second-order valence-electron chi connectivity index (χ2n) is 7.29. The van der Waals surface area contributed by atoms with Crippen LogP contribution in [0.25, 0.3) is 0 Å². The zero-order valence-corrected chi connectivity index (χ0v) is 16.2. The summed E-state index contributed by atoms with van der Waals surface area (Å²) < 4.78 is 5.89. The van der Waals surface area contributed by atoms with E-state index in [1.165, 1.54) is 5.56 Å². The number of ether oxygens (including phenoxy) is 1. The number of benzene rings is 1. The molecule has 0 amide bonds. The third-order valence-corrected chi connectivity index (χ3v) is 4.51. The fourth-order valence-corrected chi connectivity index (χ4v) is 3.17. The lowest BCUT2D eigenvalue weighted by Crippen LogP contribution is -2.50. The standard InChI is InChI=1S/C20H34N4O/c1-16(2)14-24-10-11-25-19(15-24)13-23-20(21-4)22-12-17(3)18-8-6-5-7-9-18/h5-9,16-17,19H,10-15H2,1-4H3,(H2,21,22,23). The van der Waals surface area contributed by atoms with Crippen LogP contribution in [0.5, 0.6) is 0 Å². The molecule has 2 unspecified atom stereocenters. The van der Waals surface area contributed by atoms with Gasteiger partial charge in [0, 0.05) is 39.8 Å². The Kier molecular flexibility index (Phi) is 8.22. The summed E-state index contributed by atoms with van der Waals surface area (Å²) in [5, 5.41) is 6.83. The number of morpholine rings is 1. The maximum absolute atomic E-state index is 5.89. The van der Waals surface area contributed by atoms with Gasteiger partial charge in [-0.25, -0.2) is 0 Å². The van der Waals surface area contributed by atoms with E-state index in [1.807, 2.05) is 7.05 Å². The Labute approximate surface area is 152 Å². The summed E-state index contributed by atoms with van der Waals surface area (Å²) in [5.41, 5.74) is 1.34. The molecule has 1 heterocycles. The van der Waals surface area contributed by atoms with Crippen LogP contribution in [0.1, 0.15) is 32.3 Å². The highest BCUT2D eigenvalue weighted by Crippen LogP contribution is 2.13. The normalized spacial score (nSPS) is 20.5. The number of hydrogen-bond acceptors (Lipinski definition) is 3. The van der Waals surface area contributed by atoms with Gasteiger partial charge in [0.2, 0.25) is 0 Å². The van der Waals surface area contributed by atoms with Gasteiger partial charge in [0.15, 0.2) is 5.96 Å². The van der Waals surface area contributed by atoms with E-state index >= 15 is 0 Å². The average molecular weight is 347 g/mol. The van der Waals surface area contributed by atoms with Crippen molar-refractivity contribution in [2.45, 2.75) is 32.8 Å². The van der Waals surface area contributed by atoms with Crippen LogP contribution in [0, 0.1) is 5.92 Å². The zero-order valence-electron chi connectivity index (χ0n) is 16.2. The van der Waals surface area contributed by atoms with Crippen molar-refractivity contribution in [3.8, 4) is 0 Å². The van der Waals surface area contributed by atoms with Gasteiger partial charge >= 0.3 is 0 Å². The van der Waals surface area contributed by atoms with E-state index in [4.69, 9.17) is 4.74 Å². The average Bonchev–Trinajstić information content (AvgIpc) is 2.62. The first-order valence-corrected chi connectivity index (χ1v) is 9.42. The van der Waals surface area contributed by atoms with Crippen molar-refractivity contribution >= 4 is 5.96 Å². The van der Waals surface area contributed by atoms with Crippen molar-refractivity contribution in [2.75, 3.05) is 46.4 Å². The molecule has 1 aromatic rings. The molecule has 0 aromatic heterocycles. The highest BCUT2D eigenvalue weighted by molar-refractivity contribution is 5.79. The second-order valence-corrected chi connectivity index (χ2v) is 7.29. The molecule has 1 aromatic carbocycles. The number of nitrogens with zero attached hydrogens (tertiary/aromatic N) is 2. The number of hydrogen-bond donors (Lipinski definition) is 2. The molecule has 5 nitrogen and oxygen atoms in total. The maximum Gasteiger partial charge on any atom is 0.191 e. The number of guanidine groups is 1. The highest BCUT2D eigenvalue weighted by Gasteiger charge is 2.21. The molecular formula is C20H34N4O. The van der Waals surface area contributed by atoms with Gasteiger partial charge in [-0.15, -0.1) is 0 Å². The van der Waals surface area contributed by atoms with Crippen molar-refractivity contribution < 1.29 is 4.74 Å². The van der Waals surface area contributed by atoms with Gasteiger partial charge in [-0.3, -0.25) is 9.89 Å². The second kappa shape index (κ2) is 10.4.